The van der Waals surface area contributed by atoms with Crippen molar-refractivity contribution in [3.05, 3.63) is 35.4 Å². The van der Waals surface area contributed by atoms with E-state index in [0.717, 1.165) is 6.07 Å². The molecule has 1 aromatic carbocycles. The summed E-state index contributed by atoms with van der Waals surface area (Å²) >= 11 is 0. The number of halogens is 3. The van der Waals surface area contributed by atoms with Gasteiger partial charge in [-0.3, -0.25) is 15.6 Å². The van der Waals surface area contributed by atoms with Crippen LogP contribution in [0.1, 0.15) is 36.7 Å². The summed E-state index contributed by atoms with van der Waals surface area (Å²) in [5, 5.41) is 0. The van der Waals surface area contributed by atoms with E-state index in [0.29, 0.717) is 0 Å². The van der Waals surface area contributed by atoms with Crippen molar-refractivity contribution < 1.29 is 18.0 Å². The molecule has 1 aromatic rings. The van der Waals surface area contributed by atoms with Crippen LogP contribution in [0.4, 0.5) is 13.2 Å². The van der Waals surface area contributed by atoms with Crippen molar-refractivity contribution in [1.29, 1.82) is 0 Å². The Kier molecular flexibility index (Phi) is 5.01. The Morgan fingerprint density at radius 1 is 1.17 bits per heavy atom. The summed E-state index contributed by atoms with van der Waals surface area (Å²) in [4.78, 5) is 14.0. The Bertz CT molecular complexity index is 566. The molecule has 1 fully saturated rings. The van der Waals surface area contributed by atoms with E-state index in [9.17, 15) is 18.0 Å². The van der Waals surface area contributed by atoms with Crippen molar-refractivity contribution in [2.75, 3.05) is 7.05 Å². The Morgan fingerprint density at radius 2 is 1.70 bits per heavy atom. The number of amides is 1. The number of carbonyl (C=O) groups is 1. The number of hydrogen-bond donors (Lipinski definition) is 2. The molecule has 23 heavy (non-hydrogen) atoms. The van der Waals surface area contributed by atoms with E-state index in [1.54, 1.807) is 7.05 Å². The van der Waals surface area contributed by atoms with E-state index in [-0.39, 0.29) is 29.6 Å². The highest BCUT2D eigenvalue weighted by Crippen LogP contribution is 2.33. The van der Waals surface area contributed by atoms with Crippen molar-refractivity contribution in [3.63, 3.8) is 0 Å². The Morgan fingerprint density at radius 3 is 2.22 bits per heavy atom. The number of carbonyl (C=O) groups excluding carboxylic acids is 1. The summed E-state index contributed by atoms with van der Waals surface area (Å²) < 4.78 is 39.3. The van der Waals surface area contributed by atoms with E-state index in [1.165, 1.54) is 23.1 Å². The van der Waals surface area contributed by atoms with E-state index >= 15 is 0 Å². The van der Waals surface area contributed by atoms with Gasteiger partial charge in [0.15, 0.2) is 0 Å². The molecule has 0 spiro atoms. The molecule has 1 heterocycles. The molecule has 3 unspecified atom stereocenters. The normalized spacial score (nSPS) is 26.1. The zero-order valence-electron chi connectivity index (χ0n) is 13.6. The largest absolute Gasteiger partial charge is 0.417 e. The van der Waals surface area contributed by atoms with E-state index in [4.69, 9.17) is 0 Å². The number of hydrazine groups is 1. The zero-order chi connectivity index (χ0) is 17.4. The topological polar surface area (TPSA) is 44.4 Å². The molecule has 0 radical (unpaired) electrons. The number of alkyl halides is 3. The summed E-state index contributed by atoms with van der Waals surface area (Å²) in [6.07, 6.45) is -4.55. The van der Waals surface area contributed by atoms with Crippen molar-refractivity contribution >= 4 is 5.91 Å². The number of hydrogen-bond acceptors (Lipinski definition) is 3. The van der Waals surface area contributed by atoms with Crippen LogP contribution in [0.2, 0.25) is 0 Å². The summed E-state index contributed by atoms with van der Waals surface area (Å²) in [5.41, 5.74) is 5.00. The molecule has 7 heteroatoms. The lowest BCUT2D eigenvalue weighted by Crippen LogP contribution is -2.46. The molecule has 1 saturated heterocycles. The molecule has 1 aliphatic rings. The Balaban J connectivity index is 2.27. The molecular weight excluding hydrogens is 307 g/mol. The van der Waals surface area contributed by atoms with E-state index < -0.39 is 17.6 Å². The highest BCUT2D eigenvalue weighted by Gasteiger charge is 2.39. The average Bonchev–Trinajstić information content (AvgIpc) is 2.83. The van der Waals surface area contributed by atoms with Gasteiger partial charge in [0, 0.05) is 31.1 Å². The highest BCUT2D eigenvalue weighted by molar-refractivity contribution is 5.96. The van der Waals surface area contributed by atoms with Crippen molar-refractivity contribution in [2.24, 2.45) is 5.92 Å². The second-order valence-corrected chi connectivity index (χ2v) is 6.14. The van der Waals surface area contributed by atoms with E-state index in [2.05, 4.69) is 10.9 Å². The minimum atomic E-state index is -4.55. The van der Waals surface area contributed by atoms with Crippen LogP contribution in [0.25, 0.3) is 0 Å². The van der Waals surface area contributed by atoms with Crippen LogP contribution >= 0.6 is 0 Å². The van der Waals surface area contributed by atoms with Crippen LogP contribution in [-0.4, -0.2) is 36.0 Å². The first-order valence-electron chi connectivity index (χ1n) is 7.59. The van der Waals surface area contributed by atoms with Gasteiger partial charge in [0.25, 0.3) is 5.91 Å². The third-order valence-corrected chi connectivity index (χ3v) is 4.64. The third kappa shape index (κ3) is 3.50. The summed E-state index contributed by atoms with van der Waals surface area (Å²) in [7, 11) is 1.55. The second-order valence-electron chi connectivity index (χ2n) is 6.14. The fraction of sp³-hybridized carbons (Fsp3) is 0.562. The molecule has 0 aliphatic carbocycles. The molecular formula is C16H22F3N3O. The lowest BCUT2D eigenvalue weighted by molar-refractivity contribution is -0.138. The second kappa shape index (κ2) is 6.49. The lowest BCUT2D eigenvalue weighted by atomic mass is 9.88. The molecule has 128 valence electrons. The molecule has 2 N–H and O–H groups in total. The monoisotopic (exact) mass is 329 g/mol. The van der Waals surface area contributed by atoms with Crippen LogP contribution in [-0.2, 0) is 6.18 Å². The zero-order valence-corrected chi connectivity index (χ0v) is 13.6. The van der Waals surface area contributed by atoms with Gasteiger partial charge in [-0.2, -0.15) is 13.2 Å². The maximum Gasteiger partial charge on any atom is 0.417 e. The molecule has 4 nitrogen and oxygen atoms in total. The minimum Gasteiger partial charge on any atom is -0.339 e. The van der Waals surface area contributed by atoms with Crippen LogP contribution in [0, 0.1) is 5.92 Å². The highest BCUT2D eigenvalue weighted by atomic mass is 19.4. The first kappa shape index (κ1) is 17.7. The quantitative estimate of drug-likeness (QED) is 0.896. The van der Waals surface area contributed by atoms with Gasteiger partial charge in [0.05, 0.1) is 11.1 Å². The predicted molar refractivity (Wildman–Crippen MR) is 81.7 cm³/mol. The molecule has 1 aliphatic heterocycles. The van der Waals surface area contributed by atoms with Crippen LogP contribution in [0.5, 0.6) is 0 Å². The molecule has 0 bridgehead atoms. The summed E-state index contributed by atoms with van der Waals surface area (Å²) in [5.74, 6) is -0.515. The van der Waals surface area contributed by atoms with E-state index in [1.807, 2.05) is 20.8 Å². The van der Waals surface area contributed by atoms with Gasteiger partial charge in [0.2, 0.25) is 0 Å². The van der Waals surface area contributed by atoms with Gasteiger partial charge in [-0.1, -0.05) is 12.1 Å². The van der Waals surface area contributed by atoms with Crippen molar-refractivity contribution in [1.82, 2.24) is 15.8 Å². The molecule has 1 amide bonds. The molecule has 2 rings (SSSR count). The molecule has 0 saturated carbocycles. The van der Waals surface area contributed by atoms with Crippen LogP contribution < -0.4 is 10.9 Å². The third-order valence-electron chi connectivity index (χ3n) is 4.64. The Hall–Kier alpha value is -1.60. The predicted octanol–water partition coefficient (Wildman–Crippen LogP) is 2.67. The van der Waals surface area contributed by atoms with Crippen LogP contribution in [0.3, 0.4) is 0 Å². The number of nitrogens with zero attached hydrogens (tertiary/aromatic N) is 1. The minimum absolute atomic E-state index is 0.0991. The first-order valence-corrected chi connectivity index (χ1v) is 7.59. The maximum atomic E-state index is 13.1. The number of nitrogens with one attached hydrogen (secondary N) is 2. The van der Waals surface area contributed by atoms with Gasteiger partial charge >= 0.3 is 6.18 Å². The van der Waals surface area contributed by atoms with Crippen molar-refractivity contribution in [3.8, 4) is 0 Å². The summed E-state index contributed by atoms with van der Waals surface area (Å²) in [6, 6.07) is 4.93. The SMILES string of the molecule is CC1NNC(C)C1C(C)N(C)C(=O)c1ccccc1C(F)(F)F. The van der Waals surface area contributed by atoms with Gasteiger partial charge in [0.1, 0.15) is 0 Å². The smallest absolute Gasteiger partial charge is 0.339 e. The lowest BCUT2D eigenvalue weighted by Gasteiger charge is -2.33. The number of rotatable bonds is 3. The standard InChI is InChI=1S/C16H22F3N3O/c1-9-14(10(2)21-20-9)11(3)22(4)15(23)12-7-5-6-8-13(12)16(17,18)19/h5-11,14,20-21H,1-4H3. The van der Waals surface area contributed by atoms with Crippen LogP contribution in [0.15, 0.2) is 24.3 Å². The Labute approximate surface area is 134 Å². The number of benzene rings is 1. The summed E-state index contributed by atoms with van der Waals surface area (Å²) in [6.45, 7) is 5.83. The maximum absolute atomic E-state index is 13.1. The molecule has 0 aromatic heterocycles. The van der Waals surface area contributed by atoms with Gasteiger partial charge < -0.3 is 4.90 Å². The van der Waals surface area contributed by atoms with Gasteiger partial charge in [-0.25, -0.2) is 0 Å². The average molecular weight is 329 g/mol. The van der Waals surface area contributed by atoms with Gasteiger partial charge in [-0.05, 0) is 32.9 Å². The fourth-order valence-electron chi connectivity index (χ4n) is 3.27. The van der Waals surface area contributed by atoms with Crippen molar-refractivity contribution in [2.45, 2.75) is 45.1 Å². The molecule has 3 atom stereocenters. The van der Waals surface area contributed by atoms with Gasteiger partial charge in [-0.15, -0.1) is 0 Å². The first-order chi connectivity index (χ1) is 10.6. The fourth-order valence-corrected chi connectivity index (χ4v) is 3.27.